The molecule has 0 radical (unpaired) electrons. The summed E-state index contributed by atoms with van der Waals surface area (Å²) in [5, 5.41) is 1.10. The Kier molecular flexibility index (Phi) is 3.84. The van der Waals surface area contributed by atoms with E-state index in [-0.39, 0.29) is 5.56 Å². The predicted octanol–water partition coefficient (Wildman–Crippen LogP) is 3.02. The standard InChI is InChI=1S/C18H18N2O/c19-11-6-12-20-17-10-5-4-9-15(17)16(13-18(20)21)14-7-2-1-3-8-14/h1-5,7-10,13H,6,11-12,19H2. The van der Waals surface area contributed by atoms with Gasteiger partial charge in [-0.15, -0.1) is 0 Å². The van der Waals surface area contributed by atoms with Gasteiger partial charge >= 0.3 is 0 Å². The van der Waals surface area contributed by atoms with Crippen molar-refractivity contribution in [3.63, 3.8) is 0 Å². The molecule has 3 aromatic rings. The minimum absolute atomic E-state index is 0.0287. The van der Waals surface area contributed by atoms with Crippen molar-refractivity contribution < 1.29 is 0 Å². The molecule has 2 aromatic carbocycles. The SMILES string of the molecule is NCCCn1c(=O)cc(-c2ccccc2)c2ccccc21. The second-order valence-corrected chi connectivity index (χ2v) is 5.07. The number of para-hydroxylation sites is 1. The van der Waals surface area contributed by atoms with Crippen LogP contribution in [-0.2, 0) is 6.54 Å². The first-order valence-corrected chi connectivity index (χ1v) is 7.19. The van der Waals surface area contributed by atoms with Gasteiger partial charge in [0.25, 0.3) is 5.56 Å². The van der Waals surface area contributed by atoms with E-state index in [0.29, 0.717) is 13.1 Å². The lowest BCUT2D eigenvalue weighted by Gasteiger charge is -2.13. The number of pyridine rings is 1. The van der Waals surface area contributed by atoms with E-state index in [2.05, 4.69) is 6.07 Å². The molecule has 0 aliphatic rings. The largest absolute Gasteiger partial charge is 0.330 e. The molecule has 3 rings (SSSR count). The van der Waals surface area contributed by atoms with E-state index in [1.54, 1.807) is 6.07 Å². The Hall–Kier alpha value is -2.39. The van der Waals surface area contributed by atoms with E-state index >= 15 is 0 Å². The third kappa shape index (κ3) is 2.60. The molecule has 1 heterocycles. The average Bonchev–Trinajstić information content (AvgIpc) is 2.54. The first kappa shape index (κ1) is 13.6. The van der Waals surface area contributed by atoms with Gasteiger partial charge in [-0.25, -0.2) is 0 Å². The Balaban J connectivity index is 2.27. The molecule has 3 nitrogen and oxygen atoms in total. The fourth-order valence-electron chi connectivity index (χ4n) is 2.67. The molecule has 0 spiro atoms. The molecule has 0 amide bonds. The summed E-state index contributed by atoms with van der Waals surface area (Å²) in [6.45, 7) is 1.24. The first-order chi connectivity index (χ1) is 10.3. The number of benzene rings is 2. The first-order valence-electron chi connectivity index (χ1n) is 7.19. The molecule has 0 saturated heterocycles. The molecule has 21 heavy (non-hydrogen) atoms. The van der Waals surface area contributed by atoms with Crippen LogP contribution in [0, 0.1) is 0 Å². The Bertz CT molecular complexity index is 806. The van der Waals surface area contributed by atoms with Crippen LogP contribution >= 0.6 is 0 Å². The number of aromatic nitrogens is 1. The highest BCUT2D eigenvalue weighted by Gasteiger charge is 2.09. The Morgan fingerprint density at radius 3 is 2.43 bits per heavy atom. The number of fused-ring (bicyclic) bond motifs is 1. The molecular formula is C18H18N2O. The maximum absolute atomic E-state index is 12.5. The Morgan fingerprint density at radius 1 is 0.952 bits per heavy atom. The van der Waals surface area contributed by atoms with Crippen molar-refractivity contribution in [3.05, 3.63) is 71.0 Å². The van der Waals surface area contributed by atoms with Gasteiger partial charge in [-0.2, -0.15) is 0 Å². The van der Waals surface area contributed by atoms with Crippen molar-refractivity contribution in [2.45, 2.75) is 13.0 Å². The van der Waals surface area contributed by atoms with Gasteiger partial charge in [-0.1, -0.05) is 48.5 Å². The van der Waals surface area contributed by atoms with Crippen LogP contribution in [0.3, 0.4) is 0 Å². The van der Waals surface area contributed by atoms with Crippen LogP contribution in [0.5, 0.6) is 0 Å². The summed E-state index contributed by atoms with van der Waals surface area (Å²) in [5.74, 6) is 0. The topological polar surface area (TPSA) is 48.0 Å². The zero-order valence-corrected chi connectivity index (χ0v) is 11.8. The fourth-order valence-corrected chi connectivity index (χ4v) is 2.67. The zero-order chi connectivity index (χ0) is 14.7. The van der Waals surface area contributed by atoms with Crippen LogP contribution in [0.15, 0.2) is 65.5 Å². The van der Waals surface area contributed by atoms with Crippen LogP contribution in [0.4, 0.5) is 0 Å². The second-order valence-electron chi connectivity index (χ2n) is 5.07. The summed E-state index contributed by atoms with van der Waals surface area (Å²) in [6, 6.07) is 19.8. The summed E-state index contributed by atoms with van der Waals surface area (Å²) in [4.78, 5) is 12.5. The summed E-state index contributed by atoms with van der Waals surface area (Å²) < 4.78 is 1.81. The maximum Gasteiger partial charge on any atom is 0.251 e. The highest BCUT2D eigenvalue weighted by Crippen LogP contribution is 2.26. The molecular weight excluding hydrogens is 260 g/mol. The van der Waals surface area contributed by atoms with Crippen molar-refractivity contribution in [3.8, 4) is 11.1 Å². The van der Waals surface area contributed by atoms with Crippen LogP contribution in [0.2, 0.25) is 0 Å². The molecule has 3 heteroatoms. The smallest absolute Gasteiger partial charge is 0.251 e. The Morgan fingerprint density at radius 2 is 1.67 bits per heavy atom. The monoisotopic (exact) mass is 278 g/mol. The molecule has 0 fully saturated rings. The third-order valence-corrected chi connectivity index (χ3v) is 3.69. The third-order valence-electron chi connectivity index (χ3n) is 3.69. The van der Waals surface area contributed by atoms with Gasteiger partial charge in [-0.3, -0.25) is 4.79 Å². The number of hydrogen-bond donors (Lipinski definition) is 1. The zero-order valence-electron chi connectivity index (χ0n) is 11.8. The molecule has 2 N–H and O–H groups in total. The highest BCUT2D eigenvalue weighted by atomic mass is 16.1. The van der Waals surface area contributed by atoms with E-state index in [9.17, 15) is 4.79 Å². The maximum atomic E-state index is 12.5. The van der Waals surface area contributed by atoms with Crippen LogP contribution in [0.1, 0.15) is 6.42 Å². The van der Waals surface area contributed by atoms with Crippen molar-refractivity contribution in [2.75, 3.05) is 6.54 Å². The van der Waals surface area contributed by atoms with Crippen LogP contribution in [-0.4, -0.2) is 11.1 Å². The minimum atomic E-state index is 0.0287. The van der Waals surface area contributed by atoms with Crippen molar-refractivity contribution in [2.24, 2.45) is 5.73 Å². The van der Waals surface area contributed by atoms with Crippen molar-refractivity contribution in [1.82, 2.24) is 4.57 Å². The second kappa shape index (κ2) is 5.94. The lowest BCUT2D eigenvalue weighted by atomic mass is 10.0. The Labute approximate surface area is 123 Å². The molecule has 106 valence electrons. The summed E-state index contributed by atoms with van der Waals surface area (Å²) >= 11 is 0. The number of nitrogens with zero attached hydrogens (tertiary/aromatic N) is 1. The summed E-state index contributed by atoms with van der Waals surface area (Å²) in [7, 11) is 0. The van der Waals surface area contributed by atoms with Gasteiger partial charge in [0, 0.05) is 18.0 Å². The summed E-state index contributed by atoms with van der Waals surface area (Å²) in [6.07, 6.45) is 0.800. The molecule has 0 saturated carbocycles. The molecule has 1 aromatic heterocycles. The van der Waals surface area contributed by atoms with Gasteiger partial charge in [0.2, 0.25) is 0 Å². The van der Waals surface area contributed by atoms with Gasteiger partial charge in [-0.05, 0) is 30.2 Å². The fraction of sp³-hybridized carbons (Fsp3) is 0.167. The van der Waals surface area contributed by atoms with Gasteiger partial charge in [0.15, 0.2) is 0 Å². The number of rotatable bonds is 4. The molecule has 0 aliphatic heterocycles. The quantitative estimate of drug-likeness (QED) is 0.797. The van der Waals surface area contributed by atoms with E-state index in [0.717, 1.165) is 28.5 Å². The number of nitrogens with two attached hydrogens (primary N) is 1. The lowest BCUT2D eigenvalue weighted by Crippen LogP contribution is -2.21. The van der Waals surface area contributed by atoms with Crippen molar-refractivity contribution in [1.29, 1.82) is 0 Å². The van der Waals surface area contributed by atoms with E-state index in [1.807, 2.05) is 53.1 Å². The van der Waals surface area contributed by atoms with Gasteiger partial charge in [0.05, 0.1) is 5.52 Å². The minimum Gasteiger partial charge on any atom is -0.330 e. The highest BCUT2D eigenvalue weighted by molar-refractivity contribution is 5.94. The number of hydrogen-bond acceptors (Lipinski definition) is 2. The van der Waals surface area contributed by atoms with E-state index in [1.165, 1.54) is 0 Å². The average molecular weight is 278 g/mol. The van der Waals surface area contributed by atoms with Gasteiger partial charge in [0.1, 0.15) is 0 Å². The van der Waals surface area contributed by atoms with Gasteiger partial charge < -0.3 is 10.3 Å². The molecule has 0 bridgehead atoms. The molecule has 0 atom stereocenters. The molecule has 0 unspecified atom stereocenters. The number of aryl methyl sites for hydroxylation is 1. The van der Waals surface area contributed by atoms with E-state index in [4.69, 9.17) is 5.73 Å². The molecule has 0 aliphatic carbocycles. The predicted molar refractivity (Wildman–Crippen MR) is 87.3 cm³/mol. The summed E-state index contributed by atoms with van der Waals surface area (Å²) in [5.41, 5.74) is 8.63. The normalized spacial score (nSPS) is 10.9. The lowest BCUT2D eigenvalue weighted by molar-refractivity contribution is 0.650. The van der Waals surface area contributed by atoms with E-state index < -0.39 is 0 Å². The van der Waals surface area contributed by atoms with Crippen LogP contribution < -0.4 is 11.3 Å². The van der Waals surface area contributed by atoms with Crippen molar-refractivity contribution >= 4 is 10.9 Å². The van der Waals surface area contributed by atoms with Crippen LogP contribution in [0.25, 0.3) is 22.0 Å².